The molecular weight excluding hydrogens is 172 g/mol. The van der Waals surface area contributed by atoms with Gasteiger partial charge in [0.2, 0.25) is 0 Å². The minimum Gasteiger partial charge on any atom is -0.466 e. The molecule has 4 heteroatoms. The van der Waals surface area contributed by atoms with Gasteiger partial charge in [0.05, 0.1) is 32.3 Å². The zero-order valence-corrected chi connectivity index (χ0v) is 7.95. The highest BCUT2D eigenvalue weighted by Crippen LogP contribution is 2.08. The minimum atomic E-state index is -0.193. The van der Waals surface area contributed by atoms with Crippen molar-refractivity contribution in [2.75, 3.05) is 26.4 Å². The van der Waals surface area contributed by atoms with Gasteiger partial charge in [-0.15, -0.1) is 0 Å². The maximum atomic E-state index is 10.9. The first-order chi connectivity index (χ1) is 6.33. The van der Waals surface area contributed by atoms with Gasteiger partial charge >= 0.3 is 5.97 Å². The quantitative estimate of drug-likeness (QED) is 0.597. The minimum absolute atomic E-state index is 0.175. The Morgan fingerprint density at radius 3 is 3.08 bits per heavy atom. The molecular formula is C9H16O4. The summed E-state index contributed by atoms with van der Waals surface area (Å²) in [5, 5.41) is 0. The van der Waals surface area contributed by atoms with Crippen LogP contribution in [0, 0.1) is 0 Å². The Morgan fingerprint density at radius 1 is 1.62 bits per heavy atom. The van der Waals surface area contributed by atoms with Crippen LogP contribution in [0.4, 0.5) is 0 Å². The van der Waals surface area contributed by atoms with Crippen LogP contribution < -0.4 is 0 Å². The Labute approximate surface area is 78.2 Å². The van der Waals surface area contributed by atoms with Crippen molar-refractivity contribution in [1.82, 2.24) is 0 Å². The molecule has 0 N–H and O–H groups in total. The highest BCUT2D eigenvalue weighted by Gasteiger charge is 2.16. The number of ether oxygens (including phenoxy) is 3. The van der Waals surface area contributed by atoms with Gasteiger partial charge in [-0.05, 0) is 13.3 Å². The van der Waals surface area contributed by atoms with Crippen molar-refractivity contribution < 1.29 is 19.0 Å². The third-order valence-electron chi connectivity index (χ3n) is 1.85. The van der Waals surface area contributed by atoms with Crippen LogP contribution in [0.5, 0.6) is 0 Å². The predicted octanol–water partition coefficient (Wildman–Crippen LogP) is 0.745. The third-order valence-corrected chi connectivity index (χ3v) is 1.85. The van der Waals surface area contributed by atoms with Crippen LogP contribution in [0.15, 0.2) is 0 Å². The molecule has 0 bridgehead atoms. The van der Waals surface area contributed by atoms with Crippen molar-refractivity contribution >= 4 is 5.97 Å². The maximum Gasteiger partial charge on any atom is 0.308 e. The Balaban J connectivity index is 1.96. The van der Waals surface area contributed by atoms with Gasteiger partial charge in [-0.25, -0.2) is 0 Å². The smallest absolute Gasteiger partial charge is 0.308 e. The van der Waals surface area contributed by atoms with Crippen molar-refractivity contribution in [3.63, 3.8) is 0 Å². The summed E-state index contributed by atoms with van der Waals surface area (Å²) in [6, 6.07) is 0. The highest BCUT2D eigenvalue weighted by atomic mass is 16.6. The van der Waals surface area contributed by atoms with E-state index < -0.39 is 0 Å². The number of esters is 1. The molecule has 0 radical (unpaired) electrons. The fourth-order valence-corrected chi connectivity index (χ4v) is 1.19. The molecule has 0 aromatic carbocycles. The van der Waals surface area contributed by atoms with Crippen LogP contribution in [0.3, 0.4) is 0 Å². The molecule has 13 heavy (non-hydrogen) atoms. The molecule has 0 aromatic rings. The zero-order chi connectivity index (χ0) is 9.52. The van der Waals surface area contributed by atoms with E-state index >= 15 is 0 Å². The van der Waals surface area contributed by atoms with E-state index in [1.54, 1.807) is 6.92 Å². The average Bonchev–Trinajstić information content (AvgIpc) is 2.57. The van der Waals surface area contributed by atoms with Crippen LogP contribution in [0.1, 0.15) is 19.8 Å². The van der Waals surface area contributed by atoms with Crippen LogP contribution in [-0.2, 0) is 19.0 Å². The van der Waals surface area contributed by atoms with Crippen molar-refractivity contribution in [2.45, 2.75) is 25.9 Å². The Morgan fingerprint density at radius 2 is 2.46 bits per heavy atom. The number of hydrogen-bond acceptors (Lipinski definition) is 4. The second kappa shape index (κ2) is 5.94. The van der Waals surface area contributed by atoms with E-state index in [1.807, 2.05) is 0 Å². The number of carbonyl (C=O) groups excluding carboxylic acids is 1. The lowest BCUT2D eigenvalue weighted by molar-refractivity contribution is -0.144. The first-order valence-corrected chi connectivity index (χ1v) is 4.68. The van der Waals surface area contributed by atoms with E-state index in [0.717, 1.165) is 13.0 Å². The normalized spacial score (nSPS) is 21.8. The highest BCUT2D eigenvalue weighted by molar-refractivity contribution is 5.69. The van der Waals surface area contributed by atoms with Crippen molar-refractivity contribution in [2.24, 2.45) is 0 Å². The molecule has 4 nitrogen and oxygen atoms in total. The molecule has 1 rings (SSSR count). The second-order valence-electron chi connectivity index (χ2n) is 2.91. The lowest BCUT2D eigenvalue weighted by Gasteiger charge is -2.08. The van der Waals surface area contributed by atoms with E-state index in [9.17, 15) is 4.79 Å². The number of carbonyl (C=O) groups is 1. The Bertz CT molecular complexity index is 152. The van der Waals surface area contributed by atoms with E-state index in [1.165, 1.54) is 0 Å². The van der Waals surface area contributed by atoms with Crippen molar-refractivity contribution in [1.29, 1.82) is 0 Å². The molecule has 1 aliphatic rings. The first kappa shape index (κ1) is 10.5. The largest absolute Gasteiger partial charge is 0.466 e. The van der Waals surface area contributed by atoms with Crippen molar-refractivity contribution in [3.8, 4) is 0 Å². The third kappa shape index (κ3) is 4.24. The van der Waals surface area contributed by atoms with Crippen LogP contribution in [0.2, 0.25) is 0 Å². The molecule has 1 heterocycles. The van der Waals surface area contributed by atoms with Gasteiger partial charge in [0.25, 0.3) is 0 Å². The molecule has 0 aliphatic carbocycles. The molecule has 1 fully saturated rings. The summed E-state index contributed by atoms with van der Waals surface area (Å²) >= 11 is 0. The number of hydrogen-bond donors (Lipinski definition) is 0. The molecule has 0 saturated carbocycles. The summed E-state index contributed by atoms with van der Waals surface area (Å²) < 4.78 is 15.3. The molecule has 0 spiro atoms. The lowest BCUT2D eigenvalue weighted by atomic mass is 10.3. The predicted molar refractivity (Wildman–Crippen MR) is 46.4 cm³/mol. The van der Waals surface area contributed by atoms with Gasteiger partial charge in [-0.3, -0.25) is 4.79 Å². The first-order valence-electron chi connectivity index (χ1n) is 4.68. The zero-order valence-electron chi connectivity index (χ0n) is 7.95. The van der Waals surface area contributed by atoms with Crippen molar-refractivity contribution in [3.05, 3.63) is 0 Å². The van der Waals surface area contributed by atoms with E-state index in [0.29, 0.717) is 26.2 Å². The fraction of sp³-hybridized carbons (Fsp3) is 0.889. The van der Waals surface area contributed by atoms with E-state index in [2.05, 4.69) is 0 Å². The van der Waals surface area contributed by atoms with Crippen LogP contribution in [-0.4, -0.2) is 38.5 Å². The summed E-state index contributed by atoms with van der Waals surface area (Å²) in [4.78, 5) is 10.9. The second-order valence-corrected chi connectivity index (χ2v) is 2.91. The molecule has 1 aliphatic heterocycles. The average molecular weight is 188 g/mol. The molecule has 0 amide bonds. The summed E-state index contributed by atoms with van der Waals surface area (Å²) in [5.41, 5.74) is 0. The van der Waals surface area contributed by atoms with Gasteiger partial charge in [-0.1, -0.05) is 0 Å². The van der Waals surface area contributed by atoms with Gasteiger partial charge < -0.3 is 14.2 Å². The molecule has 0 aromatic heterocycles. The Kier molecular flexibility index (Phi) is 4.78. The molecule has 1 unspecified atom stereocenters. The van der Waals surface area contributed by atoms with Crippen LogP contribution in [0.25, 0.3) is 0 Å². The van der Waals surface area contributed by atoms with Gasteiger partial charge in [0.15, 0.2) is 0 Å². The van der Waals surface area contributed by atoms with Gasteiger partial charge in [-0.2, -0.15) is 0 Å². The molecule has 1 saturated heterocycles. The van der Waals surface area contributed by atoms with Crippen LogP contribution >= 0.6 is 0 Å². The molecule has 76 valence electrons. The van der Waals surface area contributed by atoms with Gasteiger partial charge in [0, 0.05) is 6.61 Å². The van der Waals surface area contributed by atoms with Gasteiger partial charge in [0.1, 0.15) is 0 Å². The summed E-state index contributed by atoms with van der Waals surface area (Å²) in [5.74, 6) is -0.193. The standard InChI is InChI=1S/C9H16O4/c1-2-12-9(10)4-6-13-8-3-5-11-7-8/h8H,2-7H2,1H3. The summed E-state index contributed by atoms with van der Waals surface area (Å²) in [7, 11) is 0. The number of rotatable bonds is 5. The van der Waals surface area contributed by atoms with E-state index in [4.69, 9.17) is 14.2 Å². The lowest BCUT2D eigenvalue weighted by Crippen LogP contribution is -2.16. The topological polar surface area (TPSA) is 44.8 Å². The summed E-state index contributed by atoms with van der Waals surface area (Å²) in [6.45, 7) is 4.09. The summed E-state index contributed by atoms with van der Waals surface area (Å²) in [6.07, 6.45) is 1.45. The molecule has 1 atom stereocenters. The SMILES string of the molecule is CCOC(=O)CCOC1CCOC1. The Hall–Kier alpha value is -0.610. The fourth-order valence-electron chi connectivity index (χ4n) is 1.19. The van der Waals surface area contributed by atoms with E-state index in [-0.39, 0.29) is 12.1 Å². The monoisotopic (exact) mass is 188 g/mol. The maximum absolute atomic E-state index is 10.9.